The third-order valence-corrected chi connectivity index (χ3v) is 1.32. The van der Waals surface area contributed by atoms with Crippen molar-refractivity contribution in [2.45, 2.75) is 25.5 Å². The summed E-state index contributed by atoms with van der Waals surface area (Å²) in [5.74, 6) is 0. The second-order valence-corrected chi connectivity index (χ2v) is 2.89. The van der Waals surface area contributed by atoms with Crippen LogP contribution < -0.4 is 5.32 Å². The van der Waals surface area contributed by atoms with Crippen LogP contribution >= 0.6 is 0 Å². The first kappa shape index (κ1) is 10.4. The Kier molecular flexibility index (Phi) is 4.04. The maximum atomic E-state index is 9.25. The molecule has 0 aliphatic carbocycles. The molecule has 64 valence electrons. The van der Waals surface area contributed by atoms with Crippen molar-refractivity contribution in [1.82, 2.24) is 5.32 Å². The molecule has 0 bridgehead atoms. The largest absolute Gasteiger partial charge is 0.393 e. The second-order valence-electron chi connectivity index (χ2n) is 2.89. The van der Waals surface area contributed by atoms with Crippen molar-refractivity contribution in [3.8, 4) is 6.07 Å². The smallest absolute Gasteiger partial charge is 0.0973 e. The number of aliphatic hydroxyl groups excluding tert-OH is 1. The van der Waals surface area contributed by atoms with Crippen molar-refractivity contribution in [3.63, 3.8) is 0 Å². The molecule has 4 heteroatoms. The van der Waals surface area contributed by atoms with E-state index in [2.05, 4.69) is 5.32 Å². The van der Waals surface area contributed by atoms with Crippen LogP contribution in [0.4, 0.5) is 0 Å². The summed E-state index contributed by atoms with van der Waals surface area (Å²) in [5, 5.41) is 29.0. The minimum absolute atomic E-state index is 0.220. The Morgan fingerprint density at radius 3 is 2.64 bits per heavy atom. The zero-order chi connectivity index (χ0) is 8.91. The molecule has 0 radical (unpaired) electrons. The van der Waals surface area contributed by atoms with Gasteiger partial charge in [-0.2, -0.15) is 5.26 Å². The van der Waals surface area contributed by atoms with Crippen LogP contribution in [0.15, 0.2) is 0 Å². The third kappa shape index (κ3) is 4.73. The lowest BCUT2D eigenvalue weighted by Gasteiger charge is -2.21. The predicted octanol–water partition coefficient (Wildman–Crippen LogP) is -0.769. The average molecular weight is 158 g/mol. The Morgan fingerprint density at radius 1 is 1.73 bits per heavy atom. The summed E-state index contributed by atoms with van der Waals surface area (Å²) in [6.07, 6.45) is 0. The number of hydrogen-bond donors (Lipinski definition) is 3. The molecule has 0 aliphatic rings. The lowest BCUT2D eigenvalue weighted by atomic mass is 10.1. The van der Waals surface area contributed by atoms with Crippen molar-refractivity contribution < 1.29 is 10.2 Å². The first-order valence-electron chi connectivity index (χ1n) is 3.48. The van der Waals surface area contributed by atoms with Crippen molar-refractivity contribution in [2.75, 3.05) is 13.2 Å². The summed E-state index contributed by atoms with van der Waals surface area (Å²) >= 11 is 0. The van der Waals surface area contributed by atoms with Crippen molar-refractivity contribution in [2.24, 2.45) is 0 Å². The van der Waals surface area contributed by atoms with Gasteiger partial charge in [0.15, 0.2) is 0 Å². The van der Waals surface area contributed by atoms with E-state index in [9.17, 15) is 5.11 Å². The van der Waals surface area contributed by atoms with Crippen LogP contribution in [0.2, 0.25) is 0 Å². The molecular formula is C7H14N2O2. The number of rotatable bonds is 4. The first-order valence-corrected chi connectivity index (χ1v) is 3.48. The number of hydrogen-bond acceptors (Lipinski definition) is 4. The fraction of sp³-hybridized carbons (Fsp3) is 0.857. The monoisotopic (exact) mass is 158 g/mol. The van der Waals surface area contributed by atoms with E-state index in [0.29, 0.717) is 0 Å². The predicted molar refractivity (Wildman–Crippen MR) is 40.8 cm³/mol. The van der Waals surface area contributed by atoms with Gasteiger partial charge in [-0.1, -0.05) is 0 Å². The van der Waals surface area contributed by atoms with Crippen LogP contribution in [0.25, 0.3) is 0 Å². The Bertz CT molecular complexity index is 151. The van der Waals surface area contributed by atoms with Crippen molar-refractivity contribution in [3.05, 3.63) is 0 Å². The highest BCUT2D eigenvalue weighted by Crippen LogP contribution is 1.98. The summed E-state index contributed by atoms with van der Waals surface area (Å²) in [7, 11) is 0. The van der Waals surface area contributed by atoms with Crippen LogP contribution in [0, 0.1) is 11.3 Å². The fourth-order valence-corrected chi connectivity index (χ4v) is 0.475. The van der Waals surface area contributed by atoms with Gasteiger partial charge in [-0.3, -0.25) is 5.32 Å². The topological polar surface area (TPSA) is 76.3 Å². The number of nitrogens with one attached hydrogen (secondary N) is 1. The molecule has 3 N–H and O–H groups in total. The van der Waals surface area contributed by atoms with Gasteiger partial charge < -0.3 is 10.2 Å². The van der Waals surface area contributed by atoms with E-state index < -0.39 is 5.60 Å². The standard InChI is InChI=1S/C7H14N2O2/c1-6(3-8)9-4-7(2,11)5-10/h6,9-11H,4-5H2,1-2H3. The summed E-state index contributed by atoms with van der Waals surface area (Å²) in [6.45, 7) is 3.11. The number of nitrogens with zero attached hydrogens (tertiary/aromatic N) is 1. The lowest BCUT2D eigenvalue weighted by Crippen LogP contribution is -2.43. The molecule has 11 heavy (non-hydrogen) atoms. The molecule has 0 spiro atoms. The minimum atomic E-state index is -1.13. The molecule has 0 aromatic heterocycles. The molecule has 2 atom stereocenters. The van der Waals surface area contributed by atoms with E-state index >= 15 is 0 Å². The summed E-state index contributed by atoms with van der Waals surface area (Å²) in [4.78, 5) is 0. The molecule has 0 aromatic carbocycles. The van der Waals surface area contributed by atoms with Gasteiger partial charge in [0.2, 0.25) is 0 Å². The van der Waals surface area contributed by atoms with Crippen LogP contribution in [0.3, 0.4) is 0 Å². The normalized spacial score (nSPS) is 18.5. The molecule has 0 aliphatic heterocycles. The third-order valence-electron chi connectivity index (χ3n) is 1.32. The Morgan fingerprint density at radius 2 is 2.27 bits per heavy atom. The first-order chi connectivity index (χ1) is 5.02. The summed E-state index contributed by atoms with van der Waals surface area (Å²) in [5.41, 5.74) is -1.13. The minimum Gasteiger partial charge on any atom is -0.393 e. The molecule has 0 saturated heterocycles. The van der Waals surface area contributed by atoms with E-state index in [1.54, 1.807) is 6.92 Å². The number of aliphatic hydroxyl groups is 2. The Balaban J connectivity index is 3.63. The van der Waals surface area contributed by atoms with Gasteiger partial charge in [-0.05, 0) is 13.8 Å². The molecule has 0 saturated carbocycles. The second kappa shape index (κ2) is 4.29. The van der Waals surface area contributed by atoms with Crippen LogP contribution in [-0.2, 0) is 0 Å². The van der Waals surface area contributed by atoms with Crippen molar-refractivity contribution in [1.29, 1.82) is 5.26 Å². The van der Waals surface area contributed by atoms with Crippen molar-refractivity contribution >= 4 is 0 Å². The van der Waals surface area contributed by atoms with Gasteiger partial charge in [0.25, 0.3) is 0 Å². The zero-order valence-electron chi connectivity index (χ0n) is 6.83. The zero-order valence-corrected chi connectivity index (χ0v) is 6.83. The van der Waals surface area contributed by atoms with Crippen LogP contribution in [0.1, 0.15) is 13.8 Å². The summed E-state index contributed by atoms with van der Waals surface area (Å²) in [6, 6.07) is 1.66. The lowest BCUT2D eigenvalue weighted by molar-refractivity contribution is 0.00209. The molecule has 0 amide bonds. The quantitative estimate of drug-likeness (QED) is 0.502. The SMILES string of the molecule is CC(C#N)NCC(C)(O)CO. The Labute approximate surface area is 66.5 Å². The van der Waals surface area contributed by atoms with Crippen LogP contribution in [0.5, 0.6) is 0 Å². The molecule has 0 aromatic rings. The van der Waals surface area contributed by atoms with E-state index in [4.69, 9.17) is 10.4 Å². The molecule has 0 fully saturated rings. The van der Waals surface area contributed by atoms with E-state index in [1.807, 2.05) is 6.07 Å². The Hall–Kier alpha value is -0.630. The van der Waals surface area contributed by atoms with Gasteiger partial charge in [0.05, 0.1) is 24.3 Å². The van der Waals surface area contributed by atoms with Gasteiger partial charge in [-0.25, -0.2) is 0 Å². The molecule has 4 nitrogen and oxygen atoms in total. The average Bonchev–Trinajstić information content (AvgIpc) is 2.00. The van der Waals surface area contributed by atoms with Gasteiger partial charge in [0.1, 0.15) is 0 Å². The maximum Gasteiger partial charge on any atom is 0.0973 e. The highest BCUT2D eigenvalue weighted by atomic mass is 16.3. The molecular weight excluding hydrogens is 144 g/mol. The van der Waals surface area contributed by atoms with E-state index in [0.717, 1.165) is 0 Å². The van der Waals surface area contributed by atoms with Gasteiger partial charge >= 0.3 is 0 Å². The summed E-state index contributed by atoms with van der Waals surface area (Å²) < 4.78 is 0. The highest BCUT2D eigenvalue weighted by molar-refractivity contribution is 4.87. The fourth-order valence-electron chi connectivity index (χ4n) is 0.475. The van der Waals surface area contributed by atoms with E-state index in [1.165, 1.54) is 6.92 Å². The molecule has 0 rings (SSSR count). The molecule has 2 unspecified atom stereocenters. The molecule has 0 heterocycles. The number of nitriles is 1. The highest BCUT2D eigenvalue weighted by Gasteiger charge is 2.18. The maximum absolute atomic E-state index is 9.25. The van der Waals surface area contributed by atoms with Gasteiger partial charge in [0, 0.05) is 6.54 Å². The van der Waals surface area contributed by atoms with Crippen LogP contribution in [-0.4, -0.2) is 35.0 Å². The van der Waals surface area contributed by atoms with E-state index in [-0.39, 0.29) is 19.2 Å². The van der Waals surface area contributed by atoms with Gasteiger partial charge in [-0.15, -0.1) is 0 Å².